The highest BCUT2D eigenvalue weighted by Crippen LogP contribution is 2.14. The van der Waals surface area contributed by atoms with Crippen LogP contribution in [-0.2, 0) is 11.2 Å². The summed E-state index contributed by atoms with van der Waals surface area (Å²) in [5.74, 6) is 0.220. The molecule has 19 heavy (non-hydrogen) atoms. The molecule has 1 aliphatic heterocycles. The lowest BCUT2D eigenvalue weighted by molar-refractivity contribution is -0.132. The number of amides is 1. The third kappa shape index (κ3) is 3.58. The maximum atomic E-state index is 12.2. The van der Waals surface area contributed by atoms with E-state index in [0.29, 0.717) is 13.0 Å². The van der Waals surface area contributed by atoms with Crippen molar-refractivity contribution in [1.82, 2.24) is 4.90 Å². The Morgan fingerprint density at radius 3 is 2.68 bits per heavy atom. The largest absolute Gasteiger partial charge is 0.508 e. The van der Waals surface area contributed by atoms with Gasteiger partial charge in [0.2, 0.25) is 5.91 Å². The first kappa shape index (κ1) is 13.6. The lowest BCUT2D eigenvalue weighted by Crippen LogP contribution is -2.46. The first-order valence-electron chi connectivity index (χ1n) is 6.54. The zero-order valence-corrected chi connectivity index (χ0v) is 11.2. The Bertz CT molecular complexity index is 479. The van der Waals surface area contributed by atoms with E-state index in [0.717, 1.165) is 18.5 Å². The lowest BCUT2D eigenvalue weighted by Gasteiger charge is -2.28. The SMILES string of the molecule is CC1=CCN(C(=O)[C@@H](N)Cc2ccc(O)cc2)CC1. The smallest absolute Gasteiger partial charge is 0.240 e. The van der Waals surface area contributed by atoms with Crippen LogP contribution in [0.2, 0.25) is 0 Å². The van der Waals surface area contributed by atoms with E-state index in [1.807, 2.05) is 0 Å². The van der Waals surface area contributed by atoms with Gasteiger partial charge in [-0.1, -0.05) is 23.8 Å². The number of rotatable bonds is 3. The van der Waals surface area contributed by atoms with Crippen molar-refractivity contribution < 1.29 is 9.90 Å². The Balaban J connectivity index is 1.94. The van der Waals surface area contributed by atoms with Gasteiger partial charge in [0.15, 0.2) is 0 Å². The van der Waals surface area contributed by atoms with Gasteiger partial charge in [-0.25, -0.2) is 0 Å². The molecule has 0 saturated carbocycles. The number of hydrogen-bond donors (Lipinski definition) is 2. The Labute approximate surface area is 113 Å². The van der Waals surface area contributed by atoms with Crippen molar-refractivity contribution >= 4 is 5.91 Å². The van der Waals surface area contributed by atoms with Crippen LogP contribution >= 0.6 is 0 Å². The van der Waals surface area contributed by atoms with Crippen LogP contribution in [0.3, 0.4) is 0 Å². The molecule has 3 N–H and O–H groups in total. The monoisotopic (exact) mass is 260 g/mol. The molecule has 0 radical (unpaired) electrons. The zero-order chi connectivity index (χ0) is 13.8. The van der Waals surface area contributed by atoms with Gasteiger partial charge in [-0.05, 0) is 37.5 Å². The van der Waals surface area contributed by atoms with Gasteiger partial charge in [-0.2, -0.15) is 0 Å². The van der Waals surface area contributed by atoms with Gasteiger partial charge in [0, 0.05) is 13.1 Å². The molecule has 4 nitrogen and oxygen atoms in total. The van der Waals surface area contributed by atoms with Crippen LogP contribution in [0.15, 0.2) is 35.9 Å². The van der Waals surface area contributed by atoms with Crippen LogP contribution in [0.4, 0.5) is 0 Å². The van der Waals surface area contributed by atoms with E-state index in [4.69, 9.17) is 5.73 Å². The fraction of sp³-hybridized carbons (Fsp3) is 0.400. The molecule has 102 valence electrons. The highest BCUT2D eigenvalue weighted by Gasteiger charge is 2.22. The molecule has 1 aromatic rings. The van der Waals surface area contributed by atoms with Gasteiger partial charge < -0.3 is 15.7 Å². The summed E-state index contributed by atoms with van der Waals surface area (Å²) in [6.45, 7) is 3.50. The molecule has 0 saturated heterocycles. The van der Waals surface area contributed by atoms with Gasteiger partial charge >= 0.3 is 0 Å². The summed E-state index contributed by atoms with van der Waals surface area (Å²) in [6, 6.07) is 6.29. The van der Waals surface area contributed by atoms with E-state index in [1.54, 1.807) is 29.2 Å². The van der Waals surface area contributed by atoms with Crippen molar-refractivity contribution in [2.45, 2.75) is 25.8 Å². The quantitative estimate of drug-likeness (QED) is 0.808. The molecule has 0 fully saturated rings. The fourth-order valence-electron chi connectivity index (χ4n) is 2.18. The van der Waals surface area contributed by atoms with Crippen molar-refractivity contribution in [3.05, 3.63) is 41.5 Å². The highest BCUT2D eigenvalue weighted by atomic mass is 16.3. The number of phenolic OH excluding ortho intramolecular Hbond substituents is 1. The number of phenols is 1. The predicted molar refractivity (Wildman–Crippen MR) is 74.7 cm³/mol. The summed E-state index contributed by atoms with van der Waals surface area (Å²) in [7, 11) is 0. The first-order valence-corrected chi connectivity index (χ1v) is 6.54. The summed E-state index contributed by atoms with van der Waals surface area (Å²) < 4.78 is 0. The van der Waals surface area contributed by atoms with Crippen molar-refractivity contribution in [2.24, 2.45) is 5.73 Å². The Morgan fingerprint density at radius 2 is 2.11 bits per heavy atom. The van der Waals surface area contributed by atoms with Crippen molar-refractivity contribution in [3.63, 3.8) is 0 Å². The molecule has 0 spiro atoms. The van der Waals surface area contributed by atoms with Crippen molar-refractivity contribution in [3.8, 4) is 5.75 Å². The van der Waals surface area contributed by atoms with Crippen LogP contribution in [0.25, 0.3) is 0 Å². The standard InChI is InChI=1S/C15H20N2O2/c1-11-6-8-17(9-7-11)15(19)14(16)10-12-2-4-13(18)5-3-12/h2-6,14,18H,7-10,16H2,1H3/t14-/m0/s1. The number of hydrogen-bond acceptors (Lipinski definition) is 3. The summed E-state index contributed by atoms with van der Waals surface area (Å²) in [5, 5.41) is 9.22. The molecule has 1 atom stereocenters. The molecule has 1 aromatic carbocycles. The molecule has 0 unspecified atom stereocenters. The summed E-state index contributed by atoms with van der Waals surface area (Å²) in [4.78, 5) is 14.0. The van der Waals surface area contributed by atoms with Gasteiger partial charge in [-0.15, -0.1) is 0 Å². The number of benzene rings is 1. The second-order valence-corrected chi connectivity index (χ2v) is 5.06. The number of carbonyl (C=O) groups excluding carboxylic acids is 1. The summed E-state index contributed by atoms with van der Waals surface area (Å²) in [6.07, 6.45) is 3.50. The molecule has 2 rings (SSSR count). The Kier molecular flexibility index (Phi) is 4.22. The molecular weight excluding hydrogens is 240 g/mol. The minimum absolute atomic E-state index is 0.00294. The van der Waals surface area contributed by atoms with E-state index in [-0.39, 0.29) is 11.7 Å². The van der Waals surface area contributed by atoms with Crippen LogP contribution in [0, 0.1) is 0 Å². The normalized spacial score (nSPS) is 16.9. The van der Waals surface area contributed by atoms with E-state index < -0.39 is 6.04 Å². The van der Waals surface area contributed by atoms with Crippen LogP contribution in [0.5, 0.6) is 5.75 Å². The molecular formula is C15H20N2O2. The number of nitrogens with zero attached hydrogens (tertiary/aromatic N) is 1. The van der Waals surface area contributed by atoms with E-state index in [2.05, 4.69) is 13.0 Å². The molecule has 1 amide bonds. The van der Waals surface area contributed by atoms with E-state index in [9.17, 15) is 9.90 Å². The number of nitrogens with two attached hydrogens (primary N) is 1. The maximum Gasteiger partial charge on any atom is 0.240 e. The second kappa shape index (κ2) is 5.89. The minimum Gasteiger partial charge on any atom is -0.508 e. The molecule has 0 aromatic heterocycles. The molecule has 0 aliphatic carbocycles. The minimum atomic E-state index is -0.517. The maximum absolute atomic E-state index is 12.2. The molecule has 4 heteroatoms. The van der Waals surface area contributed by atoms with Crippen LogP contribution in [0.1, 0.15) is 18.9 Å². The molecule has 1 aliphatic rings. The Morgan fingerprint density at radius 1 is 1.42 bits per heavy atom. The third-order valence-electron chi connectivity index (χ3n) is 3.46. The van der Waals surface area contributed by atoms with E-state index in [1.165, 1.54) is 5.57 Å². The summed E-state index contributed by atoms with van der Waals surface area (Å²) in [5.41, 5.74) is 8.27. The van der Waals surface area contributed by atoms with E-state index >= 15 is 0 Å². The molecule has 1 heterocycles. The predicted octanol–water partition coefficient (Wildman–Crippen LogP) is 1.44. The van der Waals surface area contributed by atoms with Crippen LogP contribution in [-0.4, -0.2) is 35.0 Å². The van der Waals surface area contributed by atoms with Gasteiger partial charge in [0.25, 0.3) is 0 Å². The number of aromatic hydroxyl groups is 1. The van der Waals surface area contributed by atoms with Gasteiger partial charge in [-0.3, -0.25) is 4.79 Å². The Hall–Kier alpha value is -1.81. The van der Waals surface area contributed by atoms with Crippen molar-refractivity contribution in [1.29, 1.82) is 0 Å². The summed E-state index contributed by atoms with van der Waals surface area (Å²) >= 11 is 0. The van der Waals surface area contributed by atoms with Crippen molar-refractivity contribution in [2.75, 3.05) is 13.1 Å². The first-order chi connectivity index (χ1) is 9.06. The third-order valence-corrected chi connectivity index (χ3v) is 3.46. The fourth-order valence-corrected chi connectivity index (χ4v) is 2.18. The topological polar surface area (TPSA) is 66.6 Å². The van der Waals surface area contributed by atoms with Gasteiger partial charge in [0.1, 0.15) is 5.75 Å². The van der Waals surface area contributed by atoms with Crippen LogP contribution < -0.4 is 5.73 Å². The number of carbonyl (C=O) groups is 1. The highest BCUT2D eigenvalue weighted by molar-refractivity contribution is 5.82. The average molecular weight is 260 g/mol. The second-order valence-electron chi connectivity index (χ2n) is 5.06. The molecule has 0 bridgehead atoms. The zero-order valence-electron chi connectivity index (χ0n) is 11.2. The lowest BCUT2D eigenvalue weighted by atomic mass is 10.0. The van der Waals surface area contributed by atoms with Gasteiger partial charge in [0.05, 0.1) is 6.04 Å². The average Bonchev–Trinajstić information content (AvgIpc) is 2.41.